The Hall–Kier alpha value is -2.75. The van der Waals surface area contributed by atoms with Gasteiger partial charge in [0.15, 0.2) is 5.78 Å². The smallest absolute Gasteiger partial charge is 0.232 e. The summed E-state index contributed by atoms with van der Waals surface area (Å²) in [6.07, 6.45) is 1.17. The van der Waals surface area contributed by atoms with Crippen LogP contribution in [0.1, 0.15) is 50.2 Å². The maximum atomic E-state index is 14.6. The number of para-hydroxylation sites is 1. The van der Waals surface area contributed by atoms with E-state index in [1.807, 2.05) is 45.0 Å². The number of Topliss-reactive ketones (excluding diaryl/α,β-unsaturated/α-hetero) is 1. The fourth-order valence-corrected chi connectivity index (χ4v) is 4.57. The van der Waals surface area contributed by atoms with Crippen LogP contribution in [-0.4, -0.2) is 11.7 Å². The highest BCUT2D eigenvalue weighted by Gasteiger charge is 2.45. The first-order chi connectivity index (χ1) is 13.3. The second-order valence-electron chi connectivity index (χ2n) is 8.60. The van der Waals surface area contributed by atoms with Gasteiger partial charge in [-0.3, -0.25) is 14.5 Å². The van der Waals surface area contributed by atoms with Crippen molar-refractivity contribution < 1.29 is 14.0 Å². The predicted molar refractivity (Wildman–Crippen MR) is 107 cm³/mol. The van der Waals surface area contributed by atoms with Crippen molar-refractivity contribution in [3.05, 3.63) is 76.7 Å². The highest BCUT2D eigenvalue weighted by Crippen LogP contribution is 2.48. The number of ketones is 1. The van der Waals surface area contributed by atoms with Crippen molar-refractivity contribution in [2.24, 2.45) is 5.41 Å². The van der Waals surface area contributed by atoms with E-state index in [1.54, 1.807) is 18.2 Å². The van der Waals surface area contributed by atoms with E-state index >= 15 is 0 Å². The van der Waals surface area contributed by atoms with E-state index in [-0.39, 0.29) is 35.1 Å². The molecule has 4 heteroatoms. The molecule has 0 spiro atoms. The van der Waals surface area contributed by atoms with Crippen molar-refractivity contribution in [1.29, 1.82) is 0 Å². The first kappa shape index (κ1) is 18.6. The second-order valence-corrected chi connectivity index (χ2v) is 8.60. The van der Waals surface area contributed by atoms with Gasteiger partial charge < -0.3 is 0 Å². The van der Waals surface area contributed by atoms with Crippen LogP contribution in [-0.2, 0) is 9.59 Å². The van der Waals surface area contributed by atoms with E-state index in [2.05, 4.69) is 0 Å². The fraction of sp³-hybridized carbons (Fsp3) is 0.333. The topological polar surface area (TPSA) is 37.4 Å². The van der Waals surface area contributed by atoms with Crippen LogP contribution in [0.2, 0.25) is 0 Å². The Labute approximate surface area is 164 Å². The molecule has 0 radical (unpaired) electrons. The molecule has 1 atom stereocenters. The largest absolute Gasteiger partial charge is 0.294 e. The summed E-state index contributed by atoms with van der Waals surface area (Å²) in [5, 5.41) is 0. The lowest BCUT2D eigenvalue weighted by molar-refractivity contribution is -0.121. The molecule has 144 valence electrons. The number of carbonyl (C=O) groups excluding carboxylic acids is 2. The molecule has 0 aromatic heterocycles. The second kappa shape index (κ2) is 6.69. The molecule has 1 heterocycles. The fourth-order valence-electron chi connectivity index (χ4n) is 4.57. The van der Waals surface area contributed by atoms with Crippen molar-refractivity contribution in [2.75, 3.05) is 4.90 Å². The zero-order chi connectivity index (χ0) is 20.1. The molecule has 0 saturated carbocycles. The summed E-state index contributed by atoms with van der Waals surface area (Å²) in [4.78, 5) is 27.9. The summed E-state index contributed by atoms with van der Waals surface area (Å²) >= 11 is 0. The summed E-state index contributed by atoms with van der Waals surface area (Å²) in [6, 6.07) is 14.2. The third kappa shape index (κ3) is 3.07. The van der Waals surface area contributed by atoms with E-state index in [0.717, 1.165) is 11.1 Å². The van der Waals surface area contributed by atoms with Crippen molar-refractivity contribution in [1.82, 2.24) is 0 Å². The number of benzene rings is 2. The van der Waals surface area contributed by atoms with Gasteiger partial charge in [-0.1, -0.05) is 50.2 Å². The maximum absolute atomic E-state index is 14.6. The molecule has 1 amide bonds. The number of anilines is 1. The Morgan fingerprint density at radius 3 is 2.39 bits per heavy atom. The molecule has 2 aromatic rings. The maximum Gasteiger partial charge on any atom is 0.232 e. The number of halogens is 1. The molecule has 2 aliphatic rings. The Kier molecular flexibility index (Phi) is 4.45. The van der Waals surface area contributed by atoms with Gasteiger partial charge in [-0.05, 0) is 42.0 Å². The number of aryl methyl sites for hydroxylation is 1. The van der Waals surface area contributed by atoms with Crippen LogP contribution in [0.4, 0.5) is 10.1 Å². The minimum atomic E-state index is -0.451. The average molecular weight is 377 g/mol. The number of hydrogen-bond donors (Lipinski definition) is 0. The van der Waals surface area contributed by atoms with Gasteiger partial charge >= 0.3 is 0 Å². The lowest BCUT2D eigenvalue weighted by Gasteiger charge is -2.43. The SMILES string of the molecule is Cc1ccccc1C1CC(=O)N(c2ccccc2F)C2=C1C(=O)CC(C)(C)C2. The summed E-state index contributed by atoms with van der Waals surface area (Å²) in [5.74, 6) is -0.820. The van der Waals surface area contributed by atoms with Gasteiger partial charge in [-0.25, -0.2) is 4.39 Å². The van der Waals surface area contributed by atoms with Gasteiger partial charge in [-0.15, -0.1) is 0 Å². The van der Waals surface area contributed by atoms with Gasteiger partial charge in [0.1, 0.15) is 5.82 Å². The molecule has 4 rings (SSSR count). The zero-order valence-corrected chi connectivity index (χ0v) is 16.5. The first-order valence-corrected chi connectivity index (χ1v) is 9.68. The van der Waals surface area contributed by atoms with Crippen LogP contribution < -0.4 is 4.90 Å². The van der Waals surface area contributed by atoms with Crippen LogP contribution in [0.25, 0.3) is 0 Å². The number of carbonyl (C=O) groups is 2. The van der Waals surface area contributed by atoms with E-state index in [4.69, 9.17) is 0 Å². The number of rotatable bonds is 2. The highest BCUT2D eigenvalue weighted by atomic mass is 19.1. The van der Waals surface area contributed by atoms with Gasteiger partial charge in [0.25, 0.3) is 0 Å². The van der Waals surface area contributed by atoms with E-state index in [9.17, 15) is 14.0 Å². The van der Waals surface area contributed by atoms with Gasteiger partial charge in [-0.2, -0.15) is 0 Å². The molecule has 0 fully saturated rings. The van der Waals surface area contributed by atoms with E-state index in [0.29, 0.717) is 24.1 Å². The van der Waals surface area contributed by atoms with E-state index < -0.39 is 5.82 Å². The van der Waals surface area contributed by atoms with Crippen LogP contribution in [0.15, 0.2) is 59.8 Å². The van der Waals surface area contributed by atoms with Crippen molar-refractivity contribution >= 4 is 17.4 Å². The first-order valence-electron chi connectivity index (χ1n) is 9.68. The molecule has 1 aliphatic heterocycles. The van der Waals surface area contributed by atoms with Gasteiger partial charge in [0, 0.05) is 30.0 Å². The van der Waals surface area contributed by atoms with Crippen molar-refractivity contribution in [2.45, 2.75) is 46.0 Å². The Bertz CT molecular complexity index is 1010. The quantitative estimate of drug-likeness (QED) is 0.712. The molecule has 0 N–H and O–H groups in total. The summed E-state index contributed by atoms with van der Waals surface area (Å²) < 4.78 is 14.6. The van der Waals surface area contributed by atoms with Crippen LogP contribution in [0, 0.1) is 18.2 Å². The Morgan fingerprint density at radius 2 is 1.68 bits per heavy atom. The van der Waals surface area contributed by atoms with Crippen molar-refractivity contribution in [3.63, 3.8) is 0 Å². The number of amides is 1. The highest BCUT2D eigenvalue weighted by molar-refractivity contribution is 6.07. The van der Waals surface area contributed by atoms with Gasteiger partial charge in [0.2, 0.25) is 5.91 Å². The van der Waals surface area contributed by atoms with Crippen LogP contribution in [0.3, 0.4) is 0 Å². The molecule has 1 aliphatic carbocycles. The molecule has 2 aromatic carbocycles. The lowest BCUT2D eigenvalue weighted by Crippen LogP contribution is -2.44. The molecule has 0 bridgehead atoms. The summed E-state index contributed by atoms with van der Waals surface area (Å²) in [7, 11) is 0. The minimum absolute atomic E-state index is 0.0633. The summed E-state index contributed by atoms with van der Waals surface area (Å²) in [5.41, 5.74) is 3.36. The molecule has 1 unspecified atom stereocenters. The molecule has 28 heavy (non-hydrogen) atoms. The zero-order valence-electron chi connectivity index (χ0n) is 16.5. The molecular weight excluding hydrogens is 353 g/mol. The number of allylic oxidation sites excluding steroid dienone is 2. The monoisotopic (exact) mass is 377 g/mol. The molecule has 0 saturated heterocycles. The standard InChI is InChI=1S/C24H24FNO2/c1-15-8-4-5-9-16(15)17-12-22(28)26(19-11-7-6-10-18(19)25)20-13-24(2,3)14-21(27)23(17)20/h4-11,17H,12-14H2,1-3H3. The number of hydrogen-bond acceptors (Lipinski definition) is 2. The van der Waals surface area contributed by atoms with Gasteiger partial charge in [0.05, 0.1) is 5.69 Å². The predicted octanol–water partition coefficient (Wildman–Crippen LogP) is 5.30. The van der Waals surface area contributed by atoms with Crippen LogP contribution >= 0.6 is 0 Å². The van der Waals surface area contributed by atoms with Crippen LogP contribution in [0.5, 0.6) is 0 Å². The third-order valence-corrected chi connectivity index (χ3v) is 5.80. The Morgan fingerprint density at radius 1 is 1.00 bits per heavy atom. The third-order valence-electron chi connectivity index (χ3n) is 5.80. The van der Waals surface area contributed by atoms with E-state index in [1.165, 1.54) is 11.0 Å². The van der Waals surface area contributed by atoms with Crippen molar-refractivity contribution in [3.8, 4) is 0 Å². The minimum Gasteiger partial charge on any atom is -0.294 e. The Balaban J connectivity index is 1.94. The normalized spacial score (nSPS) is 21.7. The lowest BCUT2D eigenvalue weighted by atomic mass is 9.69. The number of nitrogens with zero attached hydrogens (tertiary/aromatic N) is 1. The molecule has 3 nitrogen and oxygen atoms in total. The summed E-state index contributed by atoms with van der Waals surface area (Å²) in [6.45, 7) is 6.05. The molecular formula is C24H24FNO2. The average Bonchev–Trinajstić information content (AvgIpc) is 2.61.